The molecule has 3 N–H and O–H groups in total. The minimum absolute atomic E-state index is 0.164. The molecule has 0 saturated heterocycles. The van der Waals surface area contributed by atoms with Gasteiger partial charge in [-0.15, -0.1) is 0 Å². The van der Waals surface area contributed by atoms with E-state index in [1.54, 1.807) is 0 Å². The first-order valence-electron chi connectivity index (χ1n) is 8.88. The molecule has 4 heteroatoms. The van der Waals surface area contributed by atoms with Gasteiger partial charge < -0.3 is 15.5 Å². The zero-order chi connectivity index (χ0) is 16.4. The molecule has 0 radical (unpaired) electrons. The van der Waals surface area contributed by atoms with E-state index >= 15 is 0 Å². The Morgan fingerprint density at radius 2 is 1.64 bits per heavy atom. The van der Waals surface area contributed by atoms with E-state index in [1.807, 2.05) is 0 Å². The van der Waals surface area contributed by atoms with Gasteiger partial charge in [0.25, 0.3) is 0 Å². The summed E-state index contributed by atoms with van der Waals surface area (Å²) in [5.74, 6) is -0.111. The van der Waals surface area contributed by atoms with Crippen LogP contribution in [0.1, 0.15) is 72.1 Å². The molecule has 4 nitrogen and oxygen atoms in total. The van der Waals surface area contributed by atoms with Crippen LogP contribution in [-0.2, 0) is 4.79 Å². The highest BCUT2D eigenvalue weighted by Crippen LogP contribution is 2.41. The highest BCUT2D eigenvalue weighted by Gasteiger charge is 2.37. The summed E-state index contributed by atoms with van der Waals surface area (Å²) in [6, 6.07) is 0.375. The second-order valence-electron chi connectivity index (χ2n) is 8.63. The quantitative estimate of drug-likeness (QED) is 0.746. The fourth-order valence-corrected chi connectivity index (χ4v) is 4.08. The summed E-state index contributed by atoms with van der Waals surface area (Å²) in [5.41, 5.74) is -0.227. The number of carbonyl (C=O) groups is 1. The van der Waals surface area contributed by atoms with Crippen molar-refractivity contribution in [1.82, 2.24) is 5.32 Å². The van der Waals surface area contributed by atoms with Gasteiger partial charge in [-0.3, -0.25) is 4.79 Å². The van der Waals surface area contributed by atoms with E-state index in [4.69, 9.17) is 5.11 Å². The van der Waals surface area contributed by atoms with Crippen LogP contribution < -0.4 is 5.32 Å². The molecule has 0 aromatic heterocycles. The van der Waals surface area contributed by atoms with Crippen molar-refractivity contribution in [2.24, 2.45) is 17.3 Å². The first kappa shape index (κ1) is 17.7. The lowest BCUT2D eigenvalue weighted by Gasteiger charge is -2.42. The lowest BCUT2D eigenvalue weighted by molar-refractivity contribution is -0.142. The van der Waals surface area contributed by atoms with Gasteiger partial charge in [-0.05, 0) is 62.7 Å². The minimum Gasteiger partial charge on any atom is -0.481 e. The first-order chi connectivity index (χ1) is 10.2. The molecule has 0 spiro atoms. The van der Waals surface area contributed by atoms with Crippen molar-refractivity contribution in [3.8, 4) is 0 Å². The molecule has 2 aliphatic carbocycles. The van der Waals surface area contributed by atoms with Gasteiger partial charge in [0.05, 0.1) is 11.5 Å². The maximum Gasteiger partial charge on any atom is 0.306 e. The van der Waals surface area contributed by atoms with E-state index < -0.39 is 11.6 Å². The van der Waals surface area contributed by atoms with Gasteiger partial charge in [-0.2, -0.15) is 0 Å². The summed E-state index contributed by atoms with van der Waals surface area (Å²) in [6.45, 7) is 7.54. The van der Waals surface area contributed by atoms with Crippen molar-refractivity contribution in [1.29, 1.82) is 0 Å². The molecule has 2 fully saturated rings. The molecular weight excluding hydrogens is 278 g/mol. The van der Waals surface area contributed by atoms with Crippen LogP contribution in [0.4, 0.5) is 0 Å². The van der Waals surface area contributed by atoms with Crippen LogP contribution in [-0.4, -0.2) is 34.4 Å². The fourth-order valence-electron chi connectivity index (χ4n) is 4.08. The van der Waals surface area contributed by atoms with E-state index in [2.05, 4.69) is 26.1 Å². The molecule has 0 heterocycles. The Morgan fingerprint density at radius 1 is 1.09 bits per heavy atom. The van der Waals surface area contributed by atoms with Gasteiger partial charge in [-0.25, -0.2) is 0 Å². The van der Waals surface area contributed by atoms with Crippen molar-refractivity contribution in [3.63, 3.8) is 0 Å². The van der Waals surface area contributed by atoms with E-state index in [-0.39, 0.29) is 5.92 Å². The lowest BCUT2D eigenvalue weighted by atomic mass is 9.68. The predicted molar refractivity (Wildman–Crippen MR) is 87.7 cm³/mol. The Hall–Kier alpha value is -0.610. The van der Waals surface area contributed by atoms with Crippen molar-refractivity contribution in [2.75, 3.05) is 6.54 Å². The summed E-state index contributed by atoms with van der Waals surface area (Å²) in [5, 5.41) is 23.3. The number of carboxylic acids is 1. The number of nitrogens with one attached hydrogen (secondary N) is 1. The third-order valence-electron chi connectivity index (χ3n) is 5.94. The summed E-state index contributed by atoms with van der Waals surface area (Å²) >= 11 is 0. The Bertz CT molecular complexity index is 372. The van der Waals surface area contributed by atoms with E-state index in [9.17, 15) is 9.90 Å². The first-order valence-corrected chi connectivity index (χ1v) is 8.88. The van der Waals surface area contributed by atoms with Gasteiger partial charge in [0.1, 0.15) is 0 Å². The molecule has 0 atom stereocenters. The Balaban J connectivity index is 1.72. The molecule has 0 unspecified atom stereocenters. The molecule has 0 amide bonds. The van der Waals surface area contributed by atoms with E-state index in [1.165, 1.54) is 0 Å². The molecule has 0 aromatic rings. The van der Waals surface area contributed by atoms with Crippen LogP contribution in [0, 0.1) is 17.3 Å². The maximum atomic E-state index is 11.0. The number of carboxylic acid groups (broad SMARTS) is 1. The second-order valence-corrected chi connectivity index (χ2v) is 8.63. The predicted octanol–water partition coefficient (Wildman–Crippen LogP) is 3.19. The number of aliphatic carboxylic acids is 1. The second kappa shape index (κ2) is 6.88. The smallest absolute Gasteiger partial charge is 0.306 e. The fraction of sp³-hybridized carbons (Fsp3) is 0.944. The minimum atomic E-state index is -0.655. The Labute approximate surface area is 134 Å². The summed E-state index contributed by atoms with van der Waals surface area (Å²) < 4.78 is 0. The van der Waals surface area contributed by atoms with Crippen molar-refractivity contribution < 1.29 is 15.0 Å². The van der Waals surface area contributed by atoms with Crippen LogP contribution >= 0.6 is 0 Å². The maximum absolute atomic E-state index is 11.0. The molecule has 0 bridgehead atoms. The molecular formula is C18H33NO3. The molecule has 2 saturated carbocycles. The highest BCUT2D eigenvalue weighted by molar-refractivity contribution is 5.70. The molecule has 2 rings (SSSR count). The van der Waals surface area contributed by atoms with Gasteiger partial charge in [-0.1, -0.05) is 20.8 Å². The molecule has 0 aliphatic heterocycles. The van der Waals surface area contributed by atoms with Crippen LogP contribution in [0.2, 0.25) is 0 Å². The summed E-state index contributed by atoms with van der Waals surface area (Å²) in [7, 11) is 0. The van der Waals surface area contributed by atoms with Gasteiger partial charge in [0.2, 0.25) is 0 Å². The largest absolute Gasteiger partial charge is 0.481 e. The zero-order valence-electron chi connectivity index (χ0n) is 14.4. The number of aliphatic hydroxyl groups is 1. The highest BCUT2D eigenvalue weighted by atomic mass is 16.4. The zero-order valence-corrected chi connectivity index (χ0v) is 14.4. The number of hydrogen-bond acceptors (Lipinski definition) is 3. The van der Waals surface area contributed by atoms with Crippen LogP contribution in [0.15, 0.2) is 0 Å². The molecule has 22 heavy (non-hydrogen) atoms. The van der Waals surface area contributed by atoms with E-state index in [0.29, 0.717) is 23.9 Å². The molecule has 0 aromatic carbocycles. The monoisotopic (exact) mass is 311 g/mol. The van der Waals surface area contributed by atoms with Crippen LogP contribution in [0.5, 0.6) is 0 Å². The third-order valence-corrected chi connectivity index (χ3v) is 5.94. The van der Waals surface area contributed by atoms with Gasteiger partial charge >= 0.3 is 5.97 Å². The Kier molecular flexibility index (Phi) is 5.54. The average Bonchev–Trinajstić information content (AvgIpc) is 2.45. The normalized spacial score (nSPS) is 37.0. The summed E-state index contributed by atoms with van der Waals surface area (Å²) in [6.07, 6.45) is 7.32. The third kappa shape index (κ3) is 4.69. The summed E-state index contributed by atoms with van der Waals surface area (Å²) in [4.78, 5) is 11.0. The van der Waals surface area contributed by atoms with Crippen LogP contribution in [0.3, 0.4) is 0 Å². The van der Waals surface area contributed by atoms with Crippen molar-refractivity contribution in [3.05, 3.63) is 0 Å². The molecule has 128 valence electrons. The Morgan fingerprint density at radius 3 is 2.09 bits per heavy atom. The SMILES string of the molecule is CC(C)(C)C1CCC(O)(CNC2CCC(C(=O)O)CC2)CC1. The van der Waals surface area contributed by atoms with Gasteiger partial charge in [0, 0.05) is 12.6 Å². The van der Waals surface area contributed by atoms with Crippen molar-refractivity contribution in [2.45, 2.75) is 83.8 Å². The van der Waals surface area contributed by atoms with Gasteiger partial charge in [0.15, 0.2) is 0 Å². The topological polar surface area (TPSA) is 69.6 Å². The average molecular weight is 311 g/mol. The number of hydrogen-bond donors (Lipinski definition) is 3. The van der Waals surface area contributed by atoms with Crippen LogP contribution in [0.25, 0.3) is 0 Å². The van der Waals surface area contributed by atoms with E-state index in [0.717, 1.165) is 51.4 Å². The number of rotatable bonds is 4. The molecule has 2 aliphatic rings. The van der Waals surface area contributed by atoms with Crippen molar-refractivity contribution >= 4 is 5.97 Å². The lowest BCUT2D eigenvalue weighted by Crippen LogP contribution is -2.48. The standard InChI is InChI=1S/C18H33NO3/c1-17(2,3)14-8-10-18(22,11-9-14)12-19-15-6-4-13(5-7-15)16(20)21/h13-15,19,22H,4-12H2,1-3H3,(H,20,21).